The van der Waals surface area contributed by atoms with Crippen molar-refractivity contribution in [1.29, 1.82) is 0 Å². The van der Waals surface area contributed by atoms with Crippen molar-refractivity contribution in [2.24, 2.45) is 0 Å². The van der Waals surface area contributed by atoms with Crippen LogP contribution in [0.2, 0.25) is 5.02 Å². The zero-order chi connectivity index (χ0) is 19.8. The van der Waals surface area contributed by atoms with Crippen LogP contribution < -0.4 is 15.4 Å². The van der Waals surface area contributed by atoms with Crippen molar-refractivity contribution in [2.45, 2.75) is 19.4 Å². The molecule has 1 aromatic heterocycles. The van der Waals surface area contributed by atoms with Gasteiger partial charge in [0, 0.05) is 19.2 Å². The third-order valence-corrected chi connectivity index (χ3v) is 3.86. The Bertz CT molecular complexity index is 799. The minimum absolute atomic E-state index is 0.0145. The molecular formula is C17H19ClFN3O5. The Hall–Kier alpha value is -2.65. The van der Waals surface area contributed by atoms with Crippen molar-refractivity contribution < 1.29 is 28.3 Å². The maximum absolute atomic E-state index is 13.3. The summed E-state index contributed by atoms with van der Waals surface area (Å²) < 4.78 is 23.2. The van der Waals surface area contributed by atoms with E-state index >= 15 is 0 Å². The number of aliphatic hydroxyl groups excluding tert-OH is 1. The Kier molecular flexibility index (Phi) is 7.56. The van der Waals surface area contributed by atoms with Gasteiger partial charge < -0.3 is 25.0 Å². The first kappa shape index (κ1) is 20.7. The van der Waals surface area contributed by atoms with Gasteiger partial charge in [0.2, 0.25) is 0 Å². The molecule has 2 rings (SSSR count). The fourth-order valence-corrected chi connectivity index (χ4v) is 2.18. The lowest BCUT2D eigenvalue weighted by molar-refractivity contribution is -0.123. The molecule has 0 radical (unpaired) electrons. The molecule has 0 bridgehead atoms. The molecule has 0 aliphatic heterocycles. The van der Waals surface area contributed by atoms with Crippen LogP contribution in [-0.4, -0.2) is 47.9 Å². The summed E-state index contributed by atoms with van der Waals surface area (Å²) >= 11 is 5.55. The number of halogens is 2. The van der Waals surface area contributed by atoms with Gasteiger partial charge in [-0.2, -0.15) is 0 Å². The van der Waals surface area contributed by atoms with Crippen LogP contribution in [0.4, 0.5) is 4.39 Å². The Morgan fingerprint density at radius 2 is 2.19 bits per heavy atom. The van der Waals surface area contributed by atoms with Crippen LogP contribution in [-0.2, 0) is 4.79 Å². The van der Waals surface area contributed by atoms with Gasteiger partial charge in [0.15, 0.2) is 6.61 Å². The van der Waals surface area contributed by atoms with Gasteiger partial charge in [-0.1, -0.05) is 16.8 Å². The number of aliphatic hydroxyl groups is 1. The highest BCUT2D eigenvalue weighted by atomic mass is 35.5. The highest BCUT2D eigenvalue weighted by molar-refractivity contribution is 6.30. The van der Waals surface area contributed by atoms with Crippen molar-refractivity contribution in [3.8, 4) is 5.75 Å². The van der Waals surface area contributed by atoms with Crippen LogP contribution in [0.15, 0.2) is 28.9 Å². The van der Waals surface area contributed by atoms with E-state index in [4.69, 9.17) is 20.9 Å². The van der Waals surface area contributed by atoms with E-state index in [1.165, 1.54) is 18.3 Å². The normalized spacial score (nSPS) is 11.7. The molecular weight excluding hydrogens is 381 g/mol. The summed E-state index contributed by atoms with van der Waals surface area (Å²) in [6, 6.07) is 3.83. The van der Waals surface area contributed by atoms with E-state index < -0.39 is 17.8 Å². The number of carbonyl (C=O) groups is 2. The molecule has 27 heavy (non-hydrogen) atoms. The number of nitrogens with zero attached hydrogens (tertiary/aromatic N) is 1. The van der Waals surface area contributed by atoms with E-state index in [9.17, 15) is 19.1 Å². The molecule has 0 saturated heterocycles. The molecule has 2 amide bonds. The number of aryl methyl sites for hydroxylation is 1. The standard InChI is InChI=1S/C17H19ClFN3O5/c1-10-13(8-22-27-10)17(25)20-5-4-11(23)7-21-16(24)9-26-12-2-3-14(18)15(19)6-12/h2-3,6,8,11,23H,4-5,7,9H2,1H3,(H,20,25)(H,21,24). The van der Waals surface area contributed by atoms with Crippen molar-refractivity contribution in [1.82, 2.24) is 15.8 Å². The summed E-state index contributed by atoms with van der Waals surface area (Å²) in [5.74, 6) is -0.907. The topological polar surface area (TPSA) is 114 Å². The molecule has 1 heterocycles. The van der Waals surface area contributed by atoms with Crippen LogP contribution >= 0.6 is 11.6 Å². The lowest BCUT2D eigenvalue weighted by atomic mass is 10.2. The first-order chi connectivity index (χ1) is 12.9. The van der Waals surface area contributed by atoms with E-state index in [1.54, 1.807) is 6.92 Å². The summed E-state index contributed by atoms with van der Waals surface area (Å²) in [5.41, 5.74) is 0.327. The number of aromatic nitrogens is 1. The smallest absolute Gasteiger partial charge is 0.258 e. The SMILES string of the molecule is Cc1oncc1C(=O)NCCC(O)CNC(=O)COc1ccc(Cl)c(F)c1. The number of rotatable bonds is 9. The Morgan fingerprint density at radius 3 is 2.85 bits per heavy atom. The van der Waals surface area contributed by atoms with Gasteiger partial charge in [-0.25, -0.2) is 4.39 Å². The maximum Gasteiger partial charge on any atom is 0.258 e. The molecule has 3 N–H and O–H groups in total. The third-order valence-electron chi connectivity index (χ3n) is 3.55. The summed E-state index contributed by atoms with van der Waals surface area (Å²) in [6.45, 7) is 1.48. The van der Waals surface area contributed by atoms with Crippen LogP contribution in [0.3, 0.4) is 0 Å². The van der Waals surface area contributed by atoms with Crippen LogP contribution in [0.1, 0.15) is 22.5 Å². The number of hydrogen-bond acceptors (Lipinski definition) is 6. The molecule has 1 aromatic carbocycles. The highest BCUT2D eigenvalue weighted by Gasteiger charge is 2.13. The number of ether oxygens (including phenoxy) is 1. The first-order valence-electron chi connectivity index (χ1n) is 8.09. The summed E-state index contributed by atoms with van der Waals surface area (Å²) in [5, 5.41) is 18.4. The molecule has 0 aliphatic rings. The van der Waals surface area contributed by atoms with Gasteiger partial charge in [-0.3, -0.25) is 9.59 Å². The van der Waals surface area contributed by atoms with E-state index in [0.29, 0.717) is 11.3 Å². The lowest BCUT2D eigenvalue weighted by Gasteiger charge is -2.13. The number of amides is 2. The van der Waals surface area contributed by atoms with Crippen LogP contribution in [0.5, 0.6) is 5.75 Å². The molecule has 0 aliphatic carbocycles. The molecule has 0 fully saturated rings. The van der Waals surface area contributed by atoms with E-state index in [2.05, 4.69) is 15.8 Å². The molecule has 1 unspecified atom stereocenters. The molecule has 0 spiro atoms. The molecule has 1 atom stereocenters. The first-order valence-corrected chi connectivity index (χ1v) is 8.46. The zero-order valence-electron chi connectivity index (χ0n) is 14.5. The van der Waals surface area contributed by atoms with Gasteiger partial charge in [0.1, 0.15) is 22.9 Å². The average molecular weight is 400 g/mol. The van der Waals surface area contributed by atoms with Crippen LogP contribution in [0, 0.1) is 12.7 Å². The van der Waals surface area contributed by atoms with Gasteiger partial charge in [0.05, 0.1) is 17.3 Å². The number of hydrogen-bond donors (Lipinski definition) is 3. The van der Waals surface area contributed by atoms with E-state index in [0.717, 1.165) is 6.07 Å². The second-order valence-electron chi connectivity index (χ2n) is 5.66. The minimum Gasteiger partial charge on any atom is -0.484 e. The van der Waals surface area contributed by atoms with Crippen molar-refractivity contribution in [3.63, 3.8) is 0 Å². The molecule has 0 saturated carbocycles. The zero-order valence-corrected chi connectivity index (χ0v) is 15.3. The second-order valence-corrected chi connectivity index (χ2v) is 6.07. The molecule has 10 heteroatoms. The second kappa shape index (κ2) is 9.89. The Labute approximate surface area is 159 Å². The summed E-state index contributed by atoms with van der Waals surface area (Å²) in [7, 11) is 0. The van der Waals surface area contributed by atoms with Gasteiger partial charge in [0.25, 0.3) is 11.8 Å². The minimum atomic E-state index is -0.856. The summed E-state index contributed by atoms with van der Waals surface area (Å²) in [4.78, 5) is 23.5. The number of nitrogens with one attached hydrogen (secondary N) is 2. The Morgan fingerprint density at radius 1 is 1.41 bits per heavy atom. The van der Waals surface area contributed by atoms with E-state index in [1.807, 2.05) is 0 Å². The lowest BCUT2D eigenvalue weighted by Crippen LogP contribution is -2.37. The largest absolute Gasteiger partial charge is 0.484 e. The van der Waals surface area contributed by atoms with Crippen LogP contribution in [0.25, 0.3) is 0 Å². The number of benzene rings is 1. The fourth-order valence-electron chi connectivity index (χ4n) is 2.06. The van der Waals surface area contributed by atoms with Gasteiger partial charge >= 0.3 is 0 Å². The quantitative estimate of drug-likeness (QED) is 0.588. The molecule has 146 valence electrons. The van der Waals surface area contributed by atoms with Crippen molar-refractivity contribution in [2.75, 3.05) is 19.7 Å². The van der Waals surface area contributed by atoms with Gasteiger partial charge in [-0.15, -0.1) is 0 Å². The third kappa shape index (κ3) is 6.54. The molecule has 8 nitrogen and oxygen atoms in total. The average Bonchev–Trinajstić information content (AvgIpc) is 3.07. The van der Waals surface area contributed by atoms with Crippen molar-refractivity contribution in [3.05, 3.63) is 46.6 Å². The van der Waals surface area contributed by atoms with E-state index in [-0.39, 0.29) is 42.8 Å². The highest BCUT2D eigenvalue weighted by Crippen LogP contribution is 2.20. The number of carbonyl (C=O) groups excluding carboxylic acids is 2. The monoisotopic (exact) mass is 399 g/mol. The van der Waals surface area contributed by atoms with Crippen molar-refractivity contribution >= 4 is 23.4 Å². The molecule has 2 aromatic rings. The summed E-state index contributed by atoms with van der Waals surface area (Å²) in [6.07, 6.45) is 0.693. The predicted molar refractivity (Wildman–Crippen MR) is 94.1 cm³/mol. The fraction of sp³-hybridized carbons (Fsp3) is 0.353. The van der Waals surface area contributed by atoms with Gasteiger partial charge in [-0.05, 0) is 25.5 Å². The maximum atomic E-state index is 13.3. The predicted octanol–water partition coefficient (Wildman–Crippen LogP) is 1.45. The Balaban J connectivity index is 1.62.